The first-order valence-electron chi connectivity index (χ1n) is 11.2. The van der Waals surface area contributed by atoms with Crippen molar-refractivity contribution in [2.75, 3.05) is 20.8 Å². The topological polar surface area (TPSA) is 111 Å². The standard InChI is InChI=1S/C26H25Cl2N3O6/c1-29-26(33)23(12-17-6-4-3-5-7-17)30(15-18-8-9-19(27)13-21(18)28)25(32)16-37-20-10-11-22(31(34)35)24(14-20)36-2/h3-11,13-14,23H,12,15-16H2,1-2H3,(H,29,33)/t23-/m0/s1. The fourth-order valence-electron chi connectivity index (χ4n) is 3.68. The number of halogens is 2. The minimum Gasteiger partial charge on any atom is -0.490 e. The van der Waals surface area contributed by atoms with Gasteiger partial charge >= 0.3 is 5.69 Å². The van der Waals surface area contributed by atoms with Crippen molar-refractivity contribution >= 4 is 40.7 Å². The largest absolute Gasteiger partial charge is 0.490 e. The van der Waals surface area contributed by atoms with Crippen molar-refractivity contribution in [3.63, 3.8) is 0 Å². The van der Waals surface area contributed by atoms with Gasteiger partial charge in [0.2, 0.25) is 11.7 Å². The van der Waals surface area contributed by atoms with Crippen LogP contribution in [0.15, 0.2) is 66.7 Å². The highest BCUT2D eigenvalue weighted by Crippen LogP contribution is 2.31. The van der Waals surface area contributed by atoms with Crippen LogP contribution in [0.4, 0.5) is 5.69 Å². The van der Waals surface area contributed by atoms with Crippen molar-refractivity contribution < 1.29 is 24.0 Å². The summed E-state index contributed by atoms with van der Waals surface area (Å²) in [5.41, 5.74) is 1.22. The molecule has 0 unspecified atom stereocenters. The molecule has 0 aliphatic carbocycles. The molecular formula is C26H25Cl2N3O6. The van der Waals surface area contributed by atoms with E-state index in [9.17, 15) is 19.7 Å². The summed E-state index contributed by atoms with van der Waals surface area (Å²) in [5.74, 6) is -0.668. The molecule has 0 aromatic heterocycles. The van der Waals surface area contributed by atoms with Crippen LogP contribution in [0.3, 0.4) is 0 Å². The maximum Gasteiger partial charge on any atom is 0.311 e. The van der Waals surface area contributed by atoms with Crippen LogP contribution in [0.5, 0.6) is 11.5 Å². The summed E-state index contributed by atoms with van der Waals surface area (Å²) in [6.07, 6.45) is 0.253. The van der Waals surface area contributed by atoms with Gasteiger partial charge in [-0.1, -0.05) is 59.6 Å². The highest BCUT2D eigenvalue weighted by Gasteiger charge is 2.30. The molecule has 37 heavy (non-hydrogen) atoms. The van der Waals surface area contributed by atoms with Gasteiger partial charge in [-0.15, -0.1) is 0 Å². The Hall–Kier alpha value is -3.82. The SMILES string of the molecule is CNC(=O)[C@H](Cc1ccccc1)N(Cc1ccc(Cl)cc1Cl)C(=O)COc1ccc([N+](=O)[O-])c(OC)c1. The third kappa shape index (κ3) is 7.34. The number of nitrogens with one attached hydrogen (secondary N) is 1. The third-order valence-electron chi connectivity index (χ3n) is 5.58. The first-order chi connectivity index (χ1) is 17.7. The molecule has 0 aliphatic heterocycles. The van der Waals surface area contributed by atoms with Crippen molar-refractivity contribution in [3.05, 3.63) is 98.0 Å². The number of nitro benzene ring substituents is 1. The fourth-order valence-corrected chi connectivity index (χ4v) is 4.15. The number of amides is 2. The normalized spacial score (nSPS) is 11.4. The molecule has 1 N–H and O–H groups in total. The quantitative estimate of drug-likeness (QED) is 0.276. The van der Waals surface area contributed by atoms with E-state index >= 15 is 0 Å². The molecule has 0 radical (unpaired) electrons. The summed E-state index contributed by atoms with van der Waals surface area (Å²) in [7, 11) is 2.80. The number of nitro groups is 1. The monoisotopic (exact) mass is 545 g/mol. The maximum atomic E-state index is 13.5. The van der Waals surface area contributed by atoms with E-state index in [1.165, 1.54) is 37.3 Å². The van der Waals surface area contributed by atoms with E-state index in [2.05, 4.69) is 5.32 Å². The molecule has 1 atom stereocenters. The van der Waals surface area contributed by atoms with Crippen molar-refractivity contribution in [2.45, 2.75) is 19.0 Å². The molecule has 0 aliphatic rings. The molecular weight excluding hydrogens is 521 g/mol. The van der Waals surface area contributed by atoms with Gasteiger partial charge in [-0.3, -0.25) is 19.7 Å². The molecule has 11 heteroatoms. The Morgan fingerprint density at radius 1 is 1.08 bits per heavy atom. The zero-order valence-electron chi connectivity index (χ0n) is 20.1. The third-order valence-corrected chi connectivity index (χ3v) is 6.17. The summed E-state index contributed by atoms with van der Waals surface area (Å²) in [6.45, 7) is -0.416. The van der Waals surface area contributed by atoms with Crippen LogP contribution in [0.2, 0.25) is 10.0 Å². The second-order valence-corrected chi connectivity index (χ2v) is 8.80. The molecule has 3 aromatic rings. The van der Waals surface area contributed by atoms with Gasteiger partial charge < -0.3 is 19.7 Å². The van der Waals surface area contributed by atoms with Crippen LogP contribution in [-0.4, -0.2) is 48.4 Å². The molecule has 0 saturated carbocycles. The summed E-state index contributed by atoms with van der Waals surface area (Å²) < 4.78 is 10.7. The smallest absolute Gasteiger partial charge is 0.311 e. The Morgan fingerprint density at radius 2 is 1.81 bits per heavy atom. The van der Waals surface area contributed by atoms with Crippen molar-refractivity contribution in [1.82, 2.24) is 10.2 Å². The highest BCUT2D eigenvalue weighted by atomic mass is 35.5. The van der Waals surface area contributed by atoms with Crippen LogP contribution in [0.25, 0.3) is 0 Å². The summed E-state index contributed by atoms with van der Waals surface area (Å²) in [6, 6.07) is 17.3. The average molecular weight is 546 g/mol. The molecule has 194 valence electrons. The number of benzene rings is 3. The lowest BCUT2D eigenvalue weighted by atomic mass is 10.0. The predicted molar refractivity (Wildman–Crippen MR) is 140 cm³/mol. The zero-order chi connectivity index (χ0) is 26.9. The lowest BCUT2D eigenvalue weighted by Crippen LogP contribution is -2.51. The van der Waals surface area contributed by atoms with Crippen LogP contribution in [-0.2, 0) is 22.6 Å². The number of methoxy groups -OCH3 is 1. The van der Waals surface area contributed by atoms with Gasteiger partial charge in [0.05, 0.1) is 12.0 Å². The number of carbonyl (C=O) groups is 2. The van der Waals surface area contributed by atoms with E-state index < -0.39 is 23.5 Å². The van der Waals surface area contributed by atoms with Gasteiger partial charge in [-0.25, -0.2) is 0 Å². The Bertz CT molecular complexity index is 1270. The van der Waals surface area contributed by atoms with Gasteiger partial charge in [-0.05, 0) is 29.3 Å². The Labute approximate surface area is 224 Å². The fraction of sp³-hybridized carbons (Fsp3) is 0.231. The van der Waals surface area contributed by atoms with E-state index in [-0.39, 0.29) is 36.1 Å². The summed E-state index contributed by atoms with van der Waals surface area (Å²) >= 11 is 12.4. The first kappa shape index (κ1) is 27.8. The van der Waals surface area contributed by atoms with Gasteiger partial charge in [0, 0.05) is 42.2 Å². The lowest BCUT2D eigenvalue weighted by molar-refractivity contribution is -0.385. The minimum atomic E-state index is -0.873. The van der Waals surface area contributed by atoms with Crippen molar-refractivity contribution in [1.29, 1.82) is 0 Å². The maximum absolute atomic E-state index is 13.5. The molecule has 9 nitrogen and oxygen atoms in total. The van der Waals surface area contributed by atoms with Crippen LogP contribution >= 0.6 is 23.2 Å². The molecule has 2 amide bonds. The van der Waals surface area contributed by atoms with Gasteiger partial charge in [0.25, 0.3) is 5.91 Å². The number of nitrogens with zero attached hydrogens (tertiary/aromatic N) is 2. The van der Waals surface area contributed by atoms with Crippen LogP contribution < -0.4 is 14.8 Å². The number of rotatable bonds is 11. The number of hydrogen-bond donors (Lipinski definition) is 1. The Morgan fingerprint density at radius 3 is 2.43 bits per heavy atom. The second kappa shape index (κ2) is 12.9. The average Bonchev–Trinajstić information content (AvgIpc) is 2.90. The predicted octanol–water partition coefficient (Wildman–Crippen LogP) is 4.68. The number of ether oxygens (including phenoxy) is 2. The van der Waals surface area contributed by atoms with Crippen molar-refractivity contribution in [2.24, 2.45) is 0 Å². The minimum absolute atomic E-state index is 0.00735. The Balaban J connectivity index is 1.90. The second-order valence-electron chi connectivity index (χ2n) is 7.96. The highest BCUT2D eigenvalue weighted by molar-refractivity contribution is 6.35. The van der Waals surface area contributed by atoms with Crippen molar-refractivity contribution in [3.8, 4) is 11.5 Å². The molecule has 0 fully saturated rings. The summed E-state index contributed by atoms with van der Waals surface area (Å²) in [4.78, 5) is 38.4. The molecule has 0 saturated heterocycles. The van der Waals surface area contributed by atoms with E-state index in [1.54, 1.807) is 18.2 Å². The van der Waals surface area contributed by atoms with Crippen LogP contribution in [0, 0.1) is 10.1 Å². The molecule has 3 rings (SSSR count). The molecule has 0 bridgehead atoms. The van der Waals surface area contributed by atoms with Gasteiger partial charge in [0.1, 0.15) is 11.8 Å². The summed E-state index contributed by atoms with van der Waals surface area (Å²) in [5, 5.41) is 14.6. The molecule has 3 aromatic carbocycles. The van der Waals surface area contributed by atoms with E-state index in [0.29, 0.717) is 15.6 Å². The van der Waals surface area contributed by atoms with E-state index in [4.69, 9.17) is 32.7 Å². The lowest BCUT2D eigenvalue weighted by Gasteiger charge is -2.31. The number of carbonyl (C=O) groups excluding carboxylic acids is 2. The number of likely N-dealkylation sites (N-methyl/N-ethyl adjacent to an activating group) is 1. The zero-order valence-corrected chi connectivity index (χ0v) is 21.7. The van der Waals surface area contributed by atoms with Gasteiger partial charge in [0.15, 0.2) is 6.61 Å². The van der Waals surface area contributed by atoms with E-state index in [1.807, 2.05) is 30.3 Å². The molecule has 0 heterocycles. The number of hydrogen-bond acceptors (Lipinski definition) is 6. The molecule has 0 spiro atoms. The van der Waals surface area contributed by atoms with Gasteiger partial charge in [-0.2, -0.15) is 0 Å². The first-order valence-corrected chi connectivity index (χ1v) is 11.9. The van der Waals surface area contributed by atoms with E-state index in [0.717, 1.165) is 5.56 Å². The van der Waals surface area contributed by atoms with Crippen LogP contribution in [0.1, 0.15) is 11.1 Å². The Kier molecular flexibility index (Phi) is 9.71.